The quantitative estimate of drug-likeness (QED) is 0.293. The molecule has 1 unspecified atom stereocenters. The molecule has 5 rings (SSSR count). The molecule has 3 heterocycles. The maximum absolute atomic E-state index is 13.1. The number of aryl methyl sites for hydroxylation is 1. The number of likely N-dealkylation sites (tertiary alicyclic amines) is 1. The van der Waals surface area contributed by atoms with Crippen LogP contribution in [0.3, 0.4) is 0 Å². The van der Waals surface area contributed by atoms with E-state index < -0.39 is 5.60 Å². The van der Waals surface area contributed by atoms with Crippen LogP contribution >= 0.6 is 11.6 Å². The number of nitrogens with zero attached hydrogens (tertiary/aromatic N) is 3. The number of carbonyl (C=O) groups excluding carboxylic acids is 2. The third-order valence-corrected chi connectivity index (χ3v) is 6.93. The summed E-state index contributed by atoms with van der Waals surface area (Å²) in [6.07, 6.45) is 1.05. The molecule has 1 saturated heterocycles. The SMILES string of the molecule is Cc1cc(NC(=O)C2CCCN(C(=O)OC(C)(C)C)C2)nn1Cc1cc(Cl)cc2cc(-c3ccccc3)oc12. The zero-order chi connectivity index (χ0) is 27.7. The van der Waals surface area contributed by atoms with Crippen LogP contribution in [-0.2, 0) is 16.1 Å². The molecular weight excluding hydrogens is 516 g/mol. The van der Waals surface area contributed by atoms with Crippen LogP contribution in [-0.4, -0.2) is 45.4 Å². The maximum Gasteiger partial charge on any atom is 0.410 e. The van der Waals surface area contributed by atoms with Gasteiger partial charge in [-0.1, -0.05) is 41.9 Å². The van der Waals surface area contributed by atoms with Crippen LogP contribution in [0.5, 0.6) is 0 Å². The van der Waals surface area contributed by atoms with Crippen molar-refractivity contribution in [2.75, 3.05) is 18.4 Å². The number of fused-ring (bicyclic) bond motifs is 1. The first-order valence-electron chi connectivity index (χ1n) is 13.2. The first-order valence-corrected chi connectivity index (χ1v) is 13.5. The van der Waals surface area contributed by atoms with Crippen LogP contribution in [0.1, 0.15) is 44.9 Å². The summed E-state index contributed by atoms with van der Waals surface area (Å²) in [5, 5.41) is 9.11. The lowest BCUT2D eigenvalue weighted by molar-refractivity contribution is -0.121. The van der Waals surface area contributed by atoms with E-state index in [-0.39, 0.29) is 17.9 Å². The van der Waals surface area contributed by atoms with E-state index in [0.717, 1.165) is 40.0 Å². The number of halogens is 1. The molecule has 0 radical (unpaired) electrons. The first kappa shape index (κ1) is 26.8. The number of ether oxygens (including phenoxy) is 1. The second kappa shape index (κ2) is 10.8. The normalized spacial score (nSPS) is 15.9. The Morgan fingerprint density at radius 2 is 1.92 bits per heavy atom. The fourth-order valence-corrected chi connectivity index (χ4v) is 5.10. The second-order valence-corrected chi connectivity index (χ2v) is 11.5. The lowest BCUT2D eigenvalue weighted by Gasteiger charge is -2.33. The molecule has 8 nitrogen and oxygen atoms in total. The summed E-state index contributed by atoms with van der Waals surface area (Å²) in [7, 11) is 0. The number of hydrogen-bond donors (Lipinski definition) is 1. The number of aromatic nitrogens is 2. The molecular formula is C30H33ClN4O4. The van der Waals surface area contributed by atoms with E-state index in [0.29, 0.717) is 36.9 Å². The van der Waals surface area contributed by atoms with Crippen molar-refractivity contribution in [3.8, 4) is 11.3 Å². The van der Waals surface area contributed by atoms with E-state index >= 15 is 0 Å². The Morgan fingerprint density at radius 3 is 2.67 bits per heavy atom. The molecule has 39 heavy (non-hydrogen) atoms. The Labute approximate surface area is 232 Å². The van der Waals surface area contributed by atoms with E-state index in [1.807, 2.05) is 87.0 Å². The van der Waals surface area contributed by atoms with E-state index in [2.05, 4.69) is 10.4 Å². The maximum atomic E-state index is 13.1. The molecule has 0 bridgehead atoms. The zero-order valence-corrected chi connectivity index (χ0v) is 23.4. The average molecular weight is 549 g/mol. The van der Waals surface area contributed by atoms with Crippen molar-refractivity contribution in [3.05, 3.63) is 70.9 Å². The van der Waals surface area contributed by atoms with Gasteiger partial charge in [0, 0.05) is 46.4 Å². The minimum atomic E-state index is -0.579. The van der Waals surface area contributed by atoms with Crippen LogP contribution < -0.4 is 5.32 Å². The number of anilines is 1. The molecule has 4 aromatic rings. The van der Waals surface area contributed by atoms with Gasteiger partial charge >= 0.3 is 6.09 Å². The molecule has 1 atom stereocenters. The summed E-state index contributed by atoms with van der Waals surface area (Å²) in [6.45, 7) is 8.77. The minimum absolute atomic E-state index is 0.156. The summed E-state index contributed by atoms with van der Waals surface area (Å²) < 4.78 is 13.6. The van der Waals surface area contributed by atoms with Gasteiger partial charge in [-0.3, -0.25) is 9.48 Å². The highest BCUT2D eigenvalue weighted by molar-refractivity contribution is 6.31. The van der Waals surface area contributed by atoms with Gasteiger partial charge < -0.3 is 19.4 Å². The summed E-state index contributed by atoms with van der Waals surface area (Å²) in [4.78, 5) is 27.2. The Balaban J connectivity index is 1.30. The molecule has 0 aliphatic carbocycles. The van der Waals surface area contributed by atoms with Crippen molar-refractivity contribution >= 4 is 40.4 Å². The molecule has 1 aliphatic heterocycles. The van der Waals surface area contributed by atoms with Gasteiger partial charge in [-0.05, 0) is 58.7 Å². The van der Waals surface area contributed by atoms with Crippen molar-refractivity contribution in [2.24, 2.45) is 5.92 Å². The van der Waals surface area contributed by atoms with E-state index in [1.54, 1.807) is 4.90 Å². The van der Waals surface area contributed by atoms with Gasteiger partial charge in [-0.25, -0.2) is 4.79 Å². The summed E-state index contributed by atoms with van der Waals surface area (Å²) >= 11 is 6.45. The summed E-state index contributed by atoms with van der Waals surface area (Å²) in [5.41, 5.74) is 2.94. The molecule has 0 saturated carbocycles. The predicted molar refractivity (Wildman–Crippen MR) is 152 cm³/mol. The van der Waals surface area contributed by atoms with Crippen LogP contribution in [0, 0.1) is 12.8 Å². The molecule has 204 valence electrons. The molecule has 2 amide bonds. The highest BCUT2D eigenvalue weighted by atomic mass is 35.5. The molecule has 1 aliphatic rings. The lowest BCUT2D eigenvalue weighted by atomic mass is 9.97. The van der Waals surface area contributed by atoms with E-state index in [9.17, 15) is 9.59 Å². The van der Waals surface area contributed by atoms with Gasteiger partial charge in [-0.15, -0.1) is 0 Å². The van der Waals surface area contributed by atoms with Gasteiger partial charge in [0.1, 0.15) is 16.9 Å². The fraction of sp³-hybridized carbons (Fsp3) is 0.367. The number of benzene rings is 2. The smallest absolute Gasteiger partial charge is 0.410 e. The third kappa shape index (κ3) is 6.28. The molecule has 9 heteroatoms. The monoisotopic (exact) mass is 548 g/mol. The molecule has 1 N–H and O–H groups in total. The minimum Gasteiger partial charge on any atom is -0.456 e. The highest BCUT2D eigenvalue weighted by Gasteiger charge is 2.31. The van der Waals surface area contributed by atoms with Crippen molar-refractivity contribution in [1.82, 2.24) is 14.7 Å². The summed E-state index contributed by atoms with van der Waals surface area (Å²) in [5.74, 6) is 0.752. The predicted octanol–water partition coefficient (Wildman–Crippen LogP) is 6.89. The number of rotatable bonds is 5. The fourth-order valence-electron chi connectivity index (χ4n) is 4.85. The van der Waals surface area contributed by atoms with Crippen molar-refractivity contribution in [2.45, 2.75) is 52.7 Å². The van der Waals surface area contributed by atoms with Gasteiger partial charge in [0.2, 0.25) is 5.91 Å². The number of carbonyl (C=O) groups is 2. The average Bonchev–Trinajstić information content (AvgIpc) is 3.46. The van der Waals surface area contributed by atoms with Gasteiger partial charge in [-0.2, -0.15) is 5.10 Å². The van der Waals surface area contributed by atoms with Crippen LogP contribution in [0.25, 0.3) is 22.3 Å². The standard InChI is InChI=1S/C30H33ClN4O4/c1-19-13-26(32-28(36)21-11-8-12-34(17-21)29(37)39-30(2,3)4)33-35(19)18-23-15-24(31)14-22-16-25(38-27(22)23)20-9-6-5-7-10-20/h5-7,9-10,13-16,21H,8,11-12,17-18H2,1-4H3,(H,32,33,36). The van der Waals surface area contributed by atoms with Gasteiger partial charge in [0.05, 0.1) is 12.5 Å². The Morgan fingerprint density at radius 1 is 1.15 bits per heavy atom. The number of nitrogens with one attached hydrogen (secondary N) is 1. The van der Waals surface area contributed by atoms with Crippen molar-refractivity contribution < 1.29 is 18.7 Å². The van der Waals surface area contributed by atoms with E-state index in [1.165, 1.54) is 0 Å². The van der Waals surface area contributed by atoms with Crippen molar-refractivity contribution in [1.29, 1.82) is 0 Å². The summed E-state index contributed by atoms with van der Waals surface area (Å²) in [6, 6.07) is 17.5. The number of piperidine rings is 1. The molecule has 2 aromatic carbocycles. The van der Waals surface area contributed by atoms with Crippen molar-refractivity contribution in [3.63, 3.8) is 0 Å². The zero-order valence-electron chi connectivity index (χ0n) is 22.7. The van der Waals surface area contributed by atoms with Crippen LogP contribution in [0.2, 0.25) is 5.02 Å². The Bertz CT molecular complexity index is 1500. The van der Waals surface area contributed by atoms with E-state index in [4.69, 9.17) is 20.8 Å². The Kier molecular flexibility index (Phi) is 7.40. The second-order valence-electron chi connectivity index (χ2n) is 11.0. The highest BCUT2D eigenvalue weighted by Crippen LogP contribution is 2.33. The number of furan rings is 1. The van der Waals surface area contributed by atoms with Gasteiger partial charge in [0.15, 0.2) is 5.82 Å². The van der Waals surface area contributed by atoms with Gasteiger partial charge in [0.25, 0.3) is 0 Å². The molecule has 2 aromatic heterocycles. The number of hydrogen-bond acceptors (Lipinski definition) is 5. The third-order valence-electron chi connectivity index (χ3n) is 6.71. The lowest BCUT2D eigenvalue weighted by Crippen LogP contribution is -2.45. The Hall–Kier alpha value is -3.78. The molecule has 1 fully saturated rings. The van der Waals surface area contributed by atoms with Crippen LogP contribution in [0.4, 0.5) is 10.6 Å². The topological polar surface area (TPSA) is 89.6 Å². The number of amides is 2. The first-order chi connectivity index (χ1) is 18.6. The van der Waals surface area contributed by atoms with Crippen LogP contribution in [0.15, 0.2) is 59.0 Å². The molecule has 0 spiro atoms. The largest absolute Gasteiger partial charge is 0.456 e.